The molecule has 1 aliphatic heterocycles. The summed E-state index contributed by atoms with van der Waals surface area (Å²) < 4.78 is 0. The number of aromatic nitrogens is 1. The molecule has 3 nitrogen and oxygen atoms in total. The van der Waals surface area contributed by atoms with Crippen LogP contribution in [0.15, 0.2) is 42.6 Å². The van der Waals surface area contributed by atoms with Gasteiger partial charge in [0.2, 0.25) is 0 Å². The molecule has 3 heteroatoms. The summed E-state index contributed by atoms with van der Waals surface area (Å²) in [6, 6.07) is 12.9. The van der Waals surface area contributed by atoms with Gasteiger partial charge in [-0.25, -0.2) is 4.98 Å². The first-order valence-corrected chi connectivity index (χ1v) is 10.8. The van der Waals surface area contributed by atoms with Gasteiger partial charge < -0.3 is 10.2 Å². The third-order valence-corrected chi connectivity index (χ3v) is 6.74. The zero-order chi connectivity index (χ0) is 21.7. The molecule has 1 aliphatic rings. The number of fused-ring (bicyclic) bond motifs is 1. The van der Waals surface area contributed by atoms with Crippen LogP contribution in [0, 0.1) is 10.8 Å². The number of hydrogen-bond donors (Lipinski definition) is 1. The molecule has 0 fully saturated rings. The topological polar surface area (TPSA) is 28.2 Å². The predicted molar refractivity (Wildman–Crippen MR) is 126 cm³/mol. The van der Waals surface area contributed by atoms with Gasteiger partial charge in [-0.15, -0.1) is 0 Å². The van der Waals surface area contributed by atoms with Crippen molar-refractivity contribution in [1.82, 2.24) is 4.98 Å². The summed E-state index contributed by atoms with van der Waals surface area (Å²) in [5.41, 5.74) is 4.61. The van der Waals surface area contributed by atoms with Crippen LogP contribution < -0.4 is 10.2 Å². The highest BCUT2D eigenvalue weighted by atomic mass is 15.2. The lowest BCUT2D eigenvalue weighted by Crippen LogP contribution is -2.55. The molecule has 3 rings (SSSR count). The number of anilines is 2. The van der Waals surface area contributed by atoms with Crippen LogP contribution in [0.5, 0.6) is 0 Å². The molecule has 0 atom stereocenters. The molecule has 0 aliphatic carbocycles. The van der Waals surface area contributed by atoms with E-state index in [9.17, 15) is 0 Å². The van der Waals surface area contributed by atoms with Crippen molar-refractivity contribution >= 4 is 11.5 Å². The monoisotopic (exact) mass is 393 g/mol. The first-order valence-electron chi connectivity index (χ1n) is 10.8. The zero-order valence-electron chi connectivity index (χ0n) is 19.9. The number of rotatable bonds is 3. The van der Waals surface area contributed by atoms with E-state index in [4.69, 9.17) is 0 Å². The van der Waals surface area contributed by atoms with Gasteiger partial charge in [0.15, 0.2) is 0 Å². The number of nitrogens with one attached hydrogen (secondary N) is 1. The van der Waals surface area contributed by atoms with E-state index >= 15 is 0 Å². The van der Waals surface area contributed by atoms with E-state index in [-0.39, 0.29) is 21.8 Å². The van der Waals surface area contributed by atoms with Crippen molar-refractivity contribution in [1.29, 1.82) is 0 Å². The van der Waals surface area contributed by atoms with Crippen LogP contribution in [0.1, 0.15) is 73.4 Å². The Hall–Kier alpha value is -2.03. The van der Waals surface area contributed by atoms with Gasteiger partial charge in [0, 0.05) is 35.9 Å². The molecule has 2 heterocycles. The molecule has 0 amide bonds. The van der Waals surface area contributed by atoms with Crippen molar-refractivity contribution in [3.8, 4) is 0 Å². The SMILES string of the molecule is CC(C)(C)N1CC(C(C)(C)C)(C(C)(C)C)c2c(CNc3ccccn3)cccc21. The highest BCUT2D eigenvalue weighted by Crippen LogP contribution is 2.61. The Labute approximate surface area is 177 Å². The van der Waals surface area contributed by atoms with E-state index in [0.717, 1.165) is 18.9 Å². The first-order chi connectivity index (χ1) is 13.3. The largest absolute Gasteiger partial charge is 0.366 e. The molecule has 1 aromatic heterocycles. The van der Waals surface area contributed by atoms with Crippen LogP contribution in [0.25, 0.3) is 0 Å². The molecular weight excluding hydrogens is 354 g/mol. The standard InChI is InChI=1S/C26H39N3/c1-23(2,3)26(24(4,5)6)18-29(25(7,8)9)20-14-12-13-19(22(20)26)17-28-21-15-10-11-16-27-21/h10-16H,17-18H2,1-9H3,(H,27,28). The molecule has 2 aromatic rings. The first kappa shape index (κ1) is 21.7. The molecule has 1 N–H and O–H groups in total. The molecule has 0 spiro atoms. The molecular formula is C26H39N3. The van der Waals surface area contributed by atoms with Gasteiger partial charge in [-0.1, -0.05) is 59.7 Å². The Morgan fingerprint density at radius 2 is 1.55 bits per heavy atom. The summed E-state index contributed by atoms with van der Waals surface area (Å²) in [5, 5.41) is 3.56. The summed E-state index contributed by atoms with van der Waals surface area (Å²) >= 11 is 0. The van der Waals surface area contributed by atoms with Gasteiger partial charge >= 0.3 is 0 Å². The van der Waals surface area contributed by atoms with Crippen LogP contribution in [-0.2, 0) is 12.0 Å². The third-order valence-electron chi connectivity index (χ3n) is 6.74. The van der Waals surface area contributed by atoms with E-state index in [1.807, 2.05) is 24.4 Å². The van der Waals surface area contributed by atoms with Crippen molar-refractivity contribution in [3.63, 3.8) is 0 Å². The summed E-state index contributed by atoms with van der Waals surface area (Å²) in [5.74, 6) is 0.924. The Morgan fingerprint density at radius 3 is 2.07 bits per heavy atom. The van der Waals surface area contributed by atoms with Gasteiger partial charge in [-0.05, 0) is 60.9 Å². The number of pyridine rings is 1. The highest BCUT2D eigenvalue weighted by Gasteiger charge is 2.58. The van der Waals surface area contributed by atoms with Gasteiger partial charge in [0.25, 0.3) is 0 Å². The van der Waals surface area contributed by atoms with E-state index in [2.05, 4.69) is 95.7 Å². The fraction of sp³-hybridized carbons (Fsp3) is 0.577. The minimum Gasteiger partial charge on any atom is -0.366 e. The second-order valence-electron chi connectivity index (χ2n) is 11.5. The predicted octanol–water partition coefficient (Wildman–Crippen LogP) is 6.64. The average Bonchev–Trinajstić information content (AvgIpc) is 2.98. The molecule has 1 aromatic carbocycles. The fourth-order valence-corrected chi connectivity index (χ4v) is 5.45. The van der Waals surface area contributed by atoms with Gasteiger partial charge in [-0.2, -0.15) is 0 Å². The van der Waals surface area contributed by atoms with E-state index < -0.39 is 0 Å². The minimum atomic E-state index is 0.0327. The van der Waals surface area contributed by atoms with Crippen LogP contribution in [-0.4, -0.2) is 17.1 Å². The van der Waals surface area contributed by atoms with E-state index in [1.165, 1.54) is 16.8 Å². The summed E-state index contributed by atoms with van der Waals surface area (Å²) in [7, 11) is 0. The lowest BCUT2D eigenvalue weighted by molar-refractivity contribution is 0.0629. The summed E-state index contributed by atoms with van der Waals surface area (Å²) in [6.07, 6.45) is 1.84. The number of hydrogen-bond acceptors (Lipinski definition) is 3. The quantitative estimate of drug-likeness (QED) is 0.633. The van der Waals surface area contributed by atoms with Crippen LogP contribution >= 0.6 is 0 Å². The lowest BCUT2D eigenvalue weighted by Gasteiger charge is -2.53. The Balaban J connectivity index is 2.19. The maximum absolute atomic E-state index is 4.45. The minimum absolute atomic E-state index is 0.0327. The van der Waals surface area contributed by atoms with Crippen molar-refractivity contribution in [3.05, 3.63) is 53.7 Å². The summed E-state index contributed by atoms with van der Waals surface area (Å²) in [6.45, 7) is 23.3. The molecule has 0 radical (unpaired) electrons. The van der Waals surface area contributed by atoms with E-state index in [1.54, 1.807) is 0 Å². The normalized spacial score (nSPS) is 16.7. The molecule has 158 valence electrons. The molecule has 29 heavy (non-hydrogen) atoms. The Kier molecular flexibility index (Phi) is 5.26. The smallest absolute Gasteiger partial charge is 0.126 e. The molecule has 0 bridgehead atoms. The molecule has 0 saturated heterocycles. The van der Waals surface area contributed by atoms with E-state index in [0.29, 0.717) is 0 Å². The summed E-state index contributed by atoms with van der Waals surface area (Å²) in [4.78, 5) is 7.08. The Morgan fingerprint density at radius 1 is 0.897 bits per heavy atom. The second-order valence-corrected chi connectivity index (χ2v) is 11.5. The second kappa shape index (κ2) is 7.04. The van der Waals surface area contributed by atoms with Crippen molar-refractivity contribution < 1.29 is 0 Å². The maximum Gasteiger partial charge on any atom is 0.126 e. The van der Waals surface area contributed by atoms with Crippen molar-refractivity contribution in [2.45, 2.75) is 79.8 Å². The van der Waals surface area contributed by atoms with Gasteiger partial charge in [0.05, 0.1) is 0 Å². The number of nitrogens with zero attached hydrogens (tertiary/aromatic N) is 2. The number of benzene rings is 1. The third kappa shape index (κ3) is 3.65. The van der Waals surface area contributed by atoms with Crippen molar-refractivity contribution in [2.24, 2.45) is 10.8 Å². The average molecular weight is 394 g/mol. The Bertz CT molecular complexity index is 834. The van der Waals surface area contributed by atoms with Crippen LogP contribution in [0.3, 0.4) is 0 Å². The van der Waals surface area contributed by atoms with Gasteiger partial charge in [-0.3, -0.25) is 0 Å². The van der Waals surface area contributed by atoms with Crippen molar-refractivity contribution in [2.75, 3.05) is 16.8 Å². The lowest BCUT2D eigenvalue weighted by atomic mass is 9.51. The van der Waals surface area contributed by atoms with Crippen LogP contribution in [0.4, 0.5) is 11.5 Å². The highest BCUT2D eigenvalue weighted by molar-refractivity contribution is 5.68. The van der Waals surface area contributed by atoms with Gasteiger partial charge in [0.1, 0.15) is 5.82 Å². The van der Waals surface area contributed by atoms with Crippen LogP contribution in [0.2, 0.25) is 0 Å². The molecule has 0 unspecified atom stereocenters. The maximum atomic E-state index is 4.45. The zero-order valence-corrected chi connectivity index (χ0v) is 19.9. The fourth-order valence-electron chi connectivity index (χ4n) is 5.45. The molecule has 0 saturated carbocycles.